The standard InChI is InChI=1S/C28H16O2Se/c1-3-25(29-9-1)19-7-5-17-13-23-24-14-18-6-8-20(26-4-2-10-30-26)12-22(18)16-28(24)31-27(23)15-21(17)11-19/h1-16H. The Balaban J connectivity index is 1.44. The van der Waals surface area contributed by atoms with Crippen LogP contribution in [-0.4, -0.2) is 14.5 Å². The number of furan rings is 2. The van der Waals surface area contributed by atoms with Crippen molar-refractivity contribution < 1.29 is 8.83 Å². The van der Waals surface area contributed by atoms with Gasteiger partial charge in [-0.3, -0.25) is 0 Å². The number of benzene rings is 4. The van der Waals surface area contributed by atoms with Crippen molar-refractivity contribution in [3.05, 3.63) is 97.5 Å². The zero-order chi connectivity index (χ0) is 20.4. The van der Waals surface area contributed by atoms with Crippen molar-refractivity contribution >= 4 is 55.3 Å². The summed E-state index contributed by atoms with van der Waals surface area (Å²) in [5.74, 6) is 1.82. The van der Waals surface area contributed by atoms with Crippen LogP contribution in [0.3, 0.4) is 0 Å². The van der Waals surface area contributed by atoms with Crippen molar-refractivity contribution in [2.24, 2.45) is 0 Å². The fourth-order valence-corrected chi connectivity index (χ4v) is 6.90. The van der Waals surface area contributed by atoms with Gasteiger partial charge in [0, 0.05) is 0 Å². The maximum atomic E-state index is 5.59. The molecule has 0 spiro atoms. The van der Waals surface area contributed by atoms with E-state index in [2.05, 4.69) is 60.7 Å². The van der Waals surface area contributed by atoms with E-state index in [0.29, 0.717) is 14.5 Å². The molecule has 0 aliphatic rings. The molecular formula is C28H16O2Se. The fourth-order valence-electron chi connectivity index (χ4n) is 4.45. The molecule has 3 aromatic heterocycles. The summed E-state index contributed by atoms with van der Waals surface area (Å²) in [4.78, 5) is 0. The molecule has 0 fully saturated rings. The zero-order valence-corrected chi connectivity index (χ0v) is 18.2. The second kappa shape index (κ2) is 6.49. The quantitative estimate of drug-likeness (QED) is 0.244. The Morgan fingerprint density at radius 2 is 1.00 bits per heavy atom. The summed E-state index contributed by atoms with van der Waals surface area (Å²) in [6, 6.07) is 30.5. The third-order valence-corrected chi connectivity index (χ3v) is 8.34. The van der Waals surface area contributed by atoms with Crippen LogP contribution in [0, 0.1) is 0 Å². The summed E-state index contributed by atoms with van der Waals surface area (Å²) in [5.41, 5.74) is 2.24. The fraction of sp³-hybridized carbons (Fsp3) is 0. The Hall–Kier alpha value is -3.52. The second-order valence-corrected chi connectivity index (χ2v) is 10.2. The third kappa shape index (κ3) is 2.71. The van der Waals surface area contributed by atoms with Crippen LogP contribution in [0.4, 0.5) is 0 Å². The maximum absolute atomic E-state index is 5.59. The van der Waals surface area contributed by atoms with Crippen molar-refractivity contribution in [1.82, 2.24) is 0 Å². The Labute approximate surface area is 184 Å². The number of rotatable bonds is 2. The van der Waals surface area contributed by atoms with Gasteiger partial charge in [0.1, 0.15) is 0 Å². The molecule has 146 valence electrons. The van der Waals surface area contributed by atoms with Crippen LogP contribution < -0.4 is 0 Å². The van der Waals surface area contributed by atoms with Gasteiger partial charge in [0.05, 0.1) is 0 Å². The first-order chi connectivity index (χ1) is 15.3. The number of hydrogen-bond donors (Lipinski definition) is 0. The first kappa shape index (κ1) is 17.2. The van der Waals surface area contributed by atoms with Crippen molar-refractivity contribution in [3.63, 3.8) is 0 Å². The van der Waals surface area contributed by atoms with Gasteiger partial charge in [0.2, 0.25) is 0 Å². The molecule has 0 amide bonds. The van der Waals surface area contributed by atoms with E-state index in [9.17, 15) is 0 Å². The van der Waals surface area contributed by atoms with E-state index in [4.69, 9.17) is 8.83 Å². The van der Waals surface area contributed by atoms with E-state index in [-0.39, 0.29) is 0 Å². The molecule has 4 aromatic carbocycles. The molecule has 3 heterocycles. The minimum absolute atomic E-state index is 0.300. The monoisotopic (exact) mass is 464 g/mol. The number of fused-ring (bicyclic) bond motifs is 5. The van der Waals surface area contributed by atoms with Gasteiger partial charge in [-0.15, -0.1) is 0 Å². The normalized spacial score (nSPS) is 11.9. The summed E-state index contributed by atoms with van der Waals surface area (Å²) in [6.45, 7) is 0. The van der Waals surface area contributed by atoms with E-state index < -0.39 is 0 Å². The molecule has 0 unspecified atom stereocenters. The molecule has 0 aliphatic heterocycles. The molecule has 0 bridgehead atoms. The van der Waals surface area contributed by atoms with Crippen molar-refractivity contribution in [3.8, 4) is 22.6 Å². The molecule has 2 nitrogen and oxygen atoms in total. The first-order valence-corrected chi connectivity index (χ1v) is 11.9. The Morgan fingerprint density at radius 1 is 0.484 bits per heavy atom. The summed E-state index contributed by atoms with van der Waals surface area (Å²) in [5, 5.41) is 7.84. The average Bonchev–Trinajstić information content (AvgIpc) is 3.56. The van der Waals surface area contributed by atoms with Crippen LogP contribution in [0.5, 0.6) is 0 Å². The third-order valence-electron chi connectivity index (χ3n) is 6.00. The van der Waals surface area contributed by atoms with Crippen LogP contribution in [0.25, 0.3) is 63.5 Å². The van der Waals surface area contributed by atoms with Gasteiger partial charge in [0.25, 0.3) is 0 Å². The molecule has 0 atom stereocenters. The molecular weight excluding hydrogens is 447 g/mol. The van der Waals surface area contributed by atoms with Gasteiger partial charge in [-0.05, 0) is 0 Å². The molecule has 7 aromatic rings. The summed E-state index contributed by atoms with van der Waals surface area (Å²) in [6.07, 6.45) is 3.45. The molecule has 0 saturated carbocycles. The molecule has 3 heteroatoms. The zero-order valence-electron chi connectivity index (χ0n) is 16.5. The van der Waals surface area contributed by atoms with Crippen LogP contribution in [0.1, 0.15) is 0 Å². The Bertz CT molecular complexity index is 1590. The van der Waals surface area contributed by atoms with E-state index in [1.165, 1.54) is 40.8 Å². The molecule has 0 radical (unpaired) electrons. The molecule has 0 saturated heterocycles. The average molecular weight is 463 g/mol. The van der Waals surface area contributed by atoms with E-state index in [1.807, 2.05) is 24.3 Å². The Morgan fingerprint density at radius 3 is 1.45 bits per heavy atom. The second-order valence-electron chi connectivity index (χ2n) is 7.88. The first-order valence-electron chi connectivity index (χ1n) is 10.2. The van der Waals surface area contributed by atoms with Crippen LogP contribution in [0.15, 0.2) is 106 Å². The summed E-state index contributed by atoms with van der Waals surface area (Å²) >= 11 is 0.300. The van der Waals surface area contributed by atoms with Crippen LogP contribution >= 0.6 is 0 Å². The van der Waals surface area contributed by atoms with Crippen molar-refractivity contribution in [2.75, 3.05) is 0 Å². The predicted octanol–water partition coefficient (Wildman–Crippen LogP) is 7.88. The van der Waals surface area contributed by atoms with Crippen molar-refractivity contribution in [2.45, 2.75) is 0 Å². The topological polar surface area (TPSA) is 26.3 Å². The van der Waals surface area contributed by atoms with Gasteiger partial charge in [-0.2, -0.15) is 0 Å². The van der Waals surface area contributed by atoms with Crippen LogP contribution in [-0.2, 0) is 0 Å². The molecule has 0 aliphatic carbocycles. The minimum atomic E-state index is 0.300. The van der Waals surface area contributed by atoms with Crippen LogP contribution in [0.2, 0.25) is 0 Å². The van der Waals surface area contributed by atoms with Gasteiger partial charge in [-0.1, -0.05) is 0 Å². The number of hydrogen-bond acceptors (Lipinski definition) is 2. The van der Waals surface area contributed by atoms with E-state index in [1.54, 1.807) is 12.5 Å². The SMILES string of the molecule is c1coc(-c2ccc3cc4c(cc3c2)[se]c2cc3cc(-c5ccco5)ccc3cc24)c1. The predicted molar refractivity (Wildman–Crippen MR) is 129 cm³/mol. The molecule has 0 N–H and O–H groups in total. The molecule has 7 rings (SSSR count). The van der Waals surface area contributed by atoms with Gasteiger partial charge < -0.3 is 0 Å². The summed E-state index contributed by atoms with van der Waals surface area (Å²) < 4.78 is 14.1. The van der Waals surface area contributed by atoms with E-state index in [0.717, 1.165) is 22.6 Å². The van der Waals surface area contributed by atoms with Crippen molar-refractivity contribution in [1.29, 1.82) is 0 Å². The van der Waals surface area contributed by atoms with E-state index >= 15 is 0 Å². The van der Waals surface area contributed by atoms with Gasteiger partial charge >= 0.3 is 184 Å². The van der Waals surface area contributed by atoms with Gasteiger partial charge in [0.15, 0.2) is 0 Å². The Kier molecular flexibility index (Phi) is 3.60. The summed E-state index contributed by atoms with van der Waals surface area (Å²) in [7, 11) is 0. The van der Waals surface area contributed by atoms with Gasteiger partial charge in [-0.25, -0.2) is 0 Å². The molecule has 31 heavy (non-hydrogen) atoms.